The summed E-state index contributed by atoms with van der Waals surface area (Å²) < 4.78 is 4.81. The van der Waals surface area contributed by atoms with Crippen molar-refractivity contribution in [2.75, 3.05) is 7.11 Å². The van der Waals surface area contributed by atoms with Crippen LogP contribution in [-0.4, -0.2) is 28.8 Å². The van der Waals surface area contributed by atoms with Crippen LogP contribution in [0.25, 0.3) is 10.9 Å². The van der Waals surface area contributed by atoms with E-state index in [4.69, 9.17) is 16.3 Å². The highest BCUT2D eigenvalue weighted by atomic mass is 35.5. The van der Waals surface area contributed by atoms with Gasteiger partial charge in [0, 0.05) is 27.7 Å². The number of nitrogens with one attached hydrogen (secondary N) is 1. The Morgan fingerprint density at radius 2 is 1.96 bits per heavy atom. The van der Waals surface area contributed by atoms with Crippen LogP contribution in [0.1, 0.15) is 45.7 Å². The maximum atomic E-state index is 13.2. The Labute approximate surface area is 161 Å². The van der Waals surface area contributed by atoms with E-state index in [0.717, 1.165) is 31.1 Å². The maximum absolute atomic E-state index is 13.2. The summed E-state index contributed by atoms with van der Waals surface area (Å²) in [4.78, 5) is 32.6. The number of halogens is 1. The van der Waals surface area contributed by atoms with Gasteiger partial charge in [0.05, 0.1) is 19.2 Å². The van der Waals surface area contributed by atoms with Gasteiger partial charge in [-0.05, 0) is 55.0 Å². The minimum Gasteiger partial charge on any atom is -0.469 e. The smallest absolute Gasteiger partial charge is 0.310 e. The maximum Gasteiger partial charge on any atom is 0.310 e. The molecular formula is C21H19ClN2O3. The highest BCUT2D eigenvalue weighted by molar-refractivity contribution is 6.31. The van der Waals surface area contributed by atoms with Gasteiger partial charge in [0.1, 0.15) is 5.69 Å². The third-order valence-electron chi connectivity index (χ3n) is 5.10. The van der Waals surface area contributed by atoms with Crippen LogP contribution >= 0.6 is 11.6 Å². The highest BCUT2D eigenvalue weighted by Gasteiger charge is 2.23. The van der Waals surface area contributed by atoms with Gasteiger partial charge < -0.3 is 9.72 Å². The zero-order chi connectivity index (χ0) is 19.0. The van der Waals surface area contributed by atoms with E-state index in [2.05, 4.69) is 9.97 Å². The number of ketones is 1. The predicted octanol–water partition coefficient (Wildman–Crippen LogP) is 4.04. The van der Waals surface area contributed by atoms with Crippen LogP contribution in [0.5, 0.6) is 0 Å². The molecule has 0 saturated carbocycles. The molecule has 1 aliphatic rings. The van der Waals surface area contributed by atoms with E-state index < -0.39 is 5.97 Å². The van der Waals surface area contributed by atoms with Crippen LogP contribution in [0.4, 0.5) is 0 Å². The summed E-state index contributed by atoms with van der Waals surface area (Å²) in [6.07, 6.45) is 6.08. The Hall–Kier alpha value is -2.66. The topological polar surface area (TPSA) is 72.1 Å². The number of benzene rings is 1. The number of hydrogen-bond donors (Lipinski definition) is 1. The monoisotopic (exact) mass is 382 g/mol. The second kappa shape index (κ2) is 7.16. The summed E-state index contributed by atoms with van der Waals surface area (Å²) >= 11 is 6.08. The van der Waals surface area contributed by atoms with Gasteiger partial charge in [0.15, 0.2) is 0 Å². The van der Waals surface area contributed by atoms with Crippen molar-refractivity contribution in [1.29, 1.82) is 0 Å². The molecule has 0 radical (unpaired) electrons. The van der Waals surface area contributed by atoms with Crippen LogP contribution in [0.15, 0.2) is 30.5 Å². The van der Waals surface area contributed by atoms with E-state index >= 15 is 0 Å². The standard InChI is InChI=1S/C21H19ClN2O3/c1-27-19(25)10-16-15-7-6-14(22)9-17(15)24-20(16)21(26)18-8-12-4-2-3-5-13(12)11-23-18/h6-9,11,24H,2-5,10H2,1H3. The van der Waals surface area contributed by atoms with Crippen LogP contribution in [0, 0.1) is 0 Å². The van der Waals surface area contributed by atoms with Gasteiger partial charge in [-0.3, -0.25) is 14.6 Å². The molecule has 0 spiro atoms. The minimum absolute atomic E-state index is 0.00411. The number of nitrogens with zero attached hydrogens (tertiary/aromatic N) is 1. The molecule has 0 fully saturated rings. The van der Waals surface area contributed by atoms with Crippen molar-refractivity contribution in [3.05, 3.63) is 63.6 Å². The van der Waals surface area contributed by atoms with Crippen molar-refractivity contribution >= 4 is 34.3 Å². The molecule has 2 heterocycles. The number of H-pyrrole nitrogens is 1. The largest absolute Gasteiger partial charge is 0.469 e. The first-order valence-electron chi connectivity index (χ1n) is 8.96. The lowest BCUT2D eigenvalue weighted by Gasteiger charge is -2.15. The molecule has 1 aliphatic carbocycles. The second-order valence-corrected chi connectivity index (χ2v) is 7.23. The predicted molar refractivity (Wildman–Crippen MR) is 103 cm³/mol. The van der Waals surface area contributed by atoms with Crippen molar-refractivity contribution in [2.45, 2.75) is 32.1 Å². The number of aromatic nitrogens is 2. The fourth-order valence-corrected chi connectivity index (χ4v) is 3.86. The van der Waals surface area contributed by atoms with E-state index in [1.165, 1.54) is 18.2 Å². The number of hydrogen-bond acceptors (Lipinski definition) is 4. The van der Waals surface area contributed by atoms with Gasteiger partial charge in [-0.25, -0.2) is 0 Å². The lowest BCUT2D eigenvalue weighted by molar-refractivity contribution is -0.139. The molecule has 1 aromatic carbocycles. The molecule has 27 heavy (non-hydrogen) atoms. The van der Waals surface area contributed by atoms with Gasteiger partial charge in [-0.1, -0.05) is 17.7 Å². The summed E-state index contributed by atoms with van der Waals surface area (Å²) in [6, 6.07) is 7.18. The molecule has 0 amide bonds. The molecular weight excluding hydrogens is 364 g/mol. The van der Waals surface area contributed by atoms with Crippen molar-refractivity contribution in [3.8, 4) is 0 Å². The molecule has 1 N–H and O–H groups in total. The lowest BCUT2D eigenvalue weighted by Crippen LogP contribution is -2.13. The zero-order valence-corrected chi connectivity index (χ0v) is 15.7. The van der Waals surface area contributed by atoms with Crippen molar-refractivity contribution in [1.82, 2.24) is 9.97 Å². The van der Waals surface area contributed by atoms with E-state index in [0.29, 0.717) is 27.5 Å². The molecule has 138 valence electrons. The summed E-state index contributed by atoms with van der Waals surface area (Å²) in [5.41, 5.74) is 4.48. The Bertz CT molecular complexity index is 1060. The molecule has 6 heteroatoms. The van der Waals surface area contributed by atoms with E-state index in [9.17, 15) is 9.59 Å². The van der Waals surface area contributed by atoms with Crippen LogP contribution < -0.4 is 0 Å². The number of methoxy groups -OCH3 is 1. The molecule has 0 aliphatic heterocycles. The van der Waals surface area contributed by atoms with Crippen LogP contribution in [0.2, 0.25) is 5.02 Å². The SMILES string of the molecule is COC(=O)Cc1c(C(=O)c2cc3c(cn2)CCCC3)[nH]c2cc(Cl)ccc12. The number of ether oxygens (including phenoxy) is 1. The number of pyridine rings is 1. The zero-order valence-electron chi connectivity index (χ0n) is 15.0. The normalized spacial score (nSPS) is 13.4. The van der Waals surface area contributed by atoms with Crippen molar-refractivity contribution in [3.63, 3.8) is 0 Å². The minimum atomic E-state index is -0.404. The molecule has 3 aromatic rings. The van der Waals surface area contributed by atoms with E-state index in [1.807, 2.05) is 12.1 Å². The fraction of sp³-hybridized carbons (Fsp3) is 0.286. The molecule has 0 atom stereocenters. The number of fused-ring (bicyclic) bond motifs is 2. The molecule has 2 aromatic heterocycles. The number of carbonyl (C=O) groups excluding carboxylic acids is 2. The average Bonchev–Trinajstić information content (AvgIpc) is 3.04. The summed E-state index contributed by atoms with van der Waals surface area (Å²) in [6.45, 7) is 0. The highest BCUT2D eigenvalue weighted by Crippen LogP contribution is 2.28. The van der Waals surface area contributed by atoms with E-state index in [1.54, 1.807) is 18.3 Å². The fourth-order valence-electron chi connectivity index (χ4n) is 3.69. The lowest BCUT2D eigenvalue weighted by atomic mass is 9.92. The molecule has 0 bridgehead atoms. The molecule has 0 unspecified atom stereocenters. The third kappa shape index (κ3) is 3.35. The van der Waals surface area contributed by atoms with Crippen molar-refractivity contribution < 1.29 is 14.3 Å². The number of aryl methyl sites for hydroxylation is 2. The van der Waals surface area contributed by atoms with Crippen LogP contribution in [0.3, 0.4) is 0 Å². The second-order valence-electron chi connectivity index (χ2n) is 6.80. The van der Waals surface area contributed by atoms with Gasteiger partial charge >= 0.3 is 5.97 Å². The number of aromatic amines is 1. The number of esters is 1. The first kappa shape index (κ1) is 17.7. The summed E-state index contributed by atoms with van der Waals surface area (Å²) in [5, 5.41) is 1.34. The van der Waals surface area contributed by atoms with Gasteiger partial charge in [-0.2, -0.15) is 0 Å². The number of rotatable bonds is 4. The van der Waals surface area contributed by atoms with E-state index in [-0.39, 0.29) is 12.2 Å². The Kier molecular flexibility index (Phi) is 4.70. The molecule has 4 rings (SSSR count). The Balaban J connectivity index is 1.81. The quantitative estimate of drug-likeness (QED) is 0.546. The average molecular weight is 383 g/mol. The van der Waals surface area contributed by atoms with Gasteiger partial charge in [-0.15, -0.1) is 0 Å². The summed E-state index contributed by atoms with van der Waals surface area (Å²) in [7, 11) is 1.33. The number of carbonyl (C=O) groups is 2. The molecule has 5 nitrogen and oxygen atoms in total. The van der Waals surface area contributed by atoms with Crippen molar-refractivity contribution in [2.24, 2.45) is 0 Å². The first-order valence-corrected chi connectivity index (χ1v) is 9.34. The third-order valence-corrected chi connectivity index (χ3v) is 5.34. The Morgan fingerprint density at radius 3 is 2.74 bits per heavy atom. The summed E-state index contributed by atoms with van der Waals surface area (Å²) in [5.74, 6) is -0.632. The van der Waals surface area contributed by atoms with Gasteiger partial charge in [0.2, 0.25) is 5.78 Å². The van der Waals surface area contributed by atoms with Gasteiger partial charge in [0.25, 0.3) is 0 Å². The first-order chi connectivity index (χ1) is 13.1. The van der Waals surface area contributed by atoms with Crippen LogP contribution in [-0.2, 0) is 28.8 Å². The Morgan fingerprint density at radius 1 is 1.19 bits per heavy atom. The molecule has 0 saturated heterocycles.